The van der Waals surface area contributed by atoms with Crippen LogP contribution in [-0.2, 0) is 0 Å². The minimum atomic E-state index is -0.429. The van der Waals surface area contributed by atoms with Crippen molar-refractivity contribution in [3.8, 4) is 5.69 Å². The van der Waals surface area contributed by atoms with Gasteiger partial charge in [-0.05, 0) is 29.8 Å². The second-order valence-corrected chi connectivity index (χ2v) is 6.84. The molecule has 0 saturated heterocycles. The molecule has 7 nitrogen and oxygen atoms in total. The second kappa shape index (κ2) is 7.38. The van der Waals surface area contributed by atoms with Crippen molar-refractivity contribution in [1.82, 2.24) is 25.3 Å². The molecule has 0 unspecified atom stereocenters. The van der Waals surface area contributed by atoms with E-state index in [4.69, 9.17) is 5.73 Å². The molecule has 4 aromatic rings. The van der Waals surface area contributed by atoms with Crippen LogP contribution >= 0.6 is 11.3 Å². The zero-order valence-electron chi connectivity index (χ0n) is 14.2. The molecule has 134 valence electrons. The lowest BCUT2D eigenvalue weighted by Crippen LogP contribution is -2.29. The number of hydrogen-bond donors (Lipinski definition) is 2. The van der Waals surface area contributed by atoms with E-state index in [1.54, 1.807) is 23.0 Å². The highest BCUT2D eigenvalue weighted by atomic mass is 32.1. The number of carbonyl (C=O) groups is 1. The van der Waals surface area contributed by atoms with Crippen LogP contribution in [0, 0.1) is 0 Å². The predicted molar refractivity (Wildman–Crippen MR) is 104 cm³/mol. The van der Waals surface area contributed by atoms with Gasteiger partial charge in [0.25, 0.3) is 5.91 Å². The first-order valence-corrected chi connectivity index (χ1v) is 9.07. The Labute approximate surface area is 159 Å². The van der Waals surface area contributed by atoms with E-state index in [0.29, 0.717) is 15.7 Å². The van der Waals surface area contributed by atoms with Crippen molar-refractivity contribution in [2.75, 3.05) is 5.73 Å². The molecule has 2 aromatic heterocycles. The van der Waals surface area contributed by atoms with E-state index >= 15 is 0 Å². The summed E-state index contributed by atoms with van der Waals surface area (Å²) >= 11 is 1.26. The van der Waals surface area contributed by atoms with E-state index in [1.807, 2.05) is 54.7 Å². The van der Waals surface area contributed by atoms with Crippen LogP contribution in [0.2, 0.25) is 0 Å². The van der Waals surface area contributed by atoms with Crippen molar-refractivity contribution in [2.24, 2.45) is 0 Å². The van der Waals surface area contributed by atoms with Crippen molar-refractivity contribution in [3.63, 3.8) is 0 Å². The van der Waals surface area contributed by atoms with Crippen LogP contribution in [0.5, 0.6) is 0 Å². The smallest absolute Gasteiger partial charge is 0.252 e. The summed E-state index contributed by atoms with van der Waals surface area (Å²) in [5.41, 5.74) is 7.98. The number of carbonyl (C=O) groups excluding carboxylic acids is 1. The van der Waals surface area contributed by atoms with Crippen molar-refractivity contribution in [2.45, 2.75) is 6.04 Å². The van der Waals surface area contributed by atoms with E-state index in [2.05, 4.69) is 20.6 Å². The molecule has 0 saturated carbocycles. The van der Waals surface area contributed by atoms with Gasteiger partial charge in [0.05, 0.1) is 5.69 Å². The maximum Gasteiger partial charge on any atom is 0.252 e. The third kappa shape index (κ3) is 3.70. The van der Waals surface area contributed by atoms with Gasteiger partial charge in [-0.25, -0.2) is 4.68 Å². The summed E-state index contributed by atoms with van der Waals surface area (Å²) in [5, 5.41) is 16.2. The molecule has 0 bridgehead atoms. The fraction of sp³-hybridized carbons (Fsp3) is 0.0526. The SMILES string of the molecule is Nc1nnc([C@@H](NC(=O)c2cccc(-n3cccn3)c2)c2ccccc2)s1. The normalized spacial score (nSPS) is 11.9. The van der Waals surface area contributed by atoms with Crippen LogP contribution in [0.4, 0.5) is 5.13 Å². The summed E-state index contributed by atoms with van der Waals surface area (Å²) in [5.74, 6) is -0.216. The summed E-state index contributed by atoms with van der Waals surface area (Å²) in [4.78, 5) is 12.9. The van der Waals surface area contributed by atoms with Gasteiger partial charge in [-0.15, -0.1) is 10.2 Å². The molecule has 3 N–H and O–H groups in total. The van der Waals surface area contributed by atoms with Gasteiger partial charge < -0.3 is 11.1 Å². The zero-order valence-corrected chi connectivity index (χ0v) is 15.0. The first-order valence-electron chi connectivity index (χ1n) is 8.25. The van der Waals surface area contributed by atoms with Gasteiger partial charge in [0.1, 0.15) is 11.0 Å². The highest BCUT2D eigenvalue weighted by molar-refractivity contribution is 7.15. The monoisotopic (exact) mass is 376 g/mol. The summed E-state index contributed by atoms with van der Waals surface area (Å²) in [7, 11) is 0. The average molecular weight is 376 g/mol. The number of aromatic nitrogens is 4. The summed E-state index contributed by atoms with van der Waals surface area (Å²) < 4.78 is 1.71. The molecule has 0 aliphatic carbocycles. The fourth-order valence-corrected chi connectivity index (χ4v) is 3.41. The molecule has 0 aliphatic heterocycles. The first-order chi connectivity index (χ1) is 13.2. The topological polar surface area (TPSA) is 98.7 Å². The number of nitrogens with zero attached hydrogens (tertiary/aromatic N) is 4. The third-order valence-electron chi connectivity index (χ3n) is 3.99. The Kier molecular flexibility index (Phi) is 4.63. The first kappa shape index (κ1) is 16.9. The number of rotatable bonds is 5. The van der Waals surface area contributed by atoms with Crippen molar-refractivity contribution >= 4 is 22.4 Å². The number of amides is 1. The van der Waals surface area contributed by atoms with Gasteiger partial charge in [-0.2, -0.15) is 5.10 Å². The van der Waals surface area contributed by atoms with E-state index in [9.17, 15) is 4.79 Å². The molecule has 0 fully saturated rings. The van der Waals surface area contributed by atoms with Crippen LogP contribution in [0.1, 0.15) is 27.0 Å². The zero-order chi connectivity index (χ0) is 18.6. The van der Waals surface area contributed by atoms with Gasteiger partial charge in [0.15, 0.2) is 0 Å². The standard InChI is InChI=1S/C19H16N6OS/c20-19-24-23-18(27-19)16(13-6-2-1-3-7-13)22-17(26)14-8-4-9-15(12-14)25-11-5-10-21-25/h1-12,16H,(H2,20,24)(H,22,26)/t16-/m0/s1. The molecule has 8 heteroatoms. The minimum absolute atomic E-state index is 0.216. The molecular weight excluding hydrogens is 360 g/mol. The van der Waals surface area contributed by atoms with Gasteiger partial charge in [-0.1, -0.05) is 47.7 Å². The van der Waals surface area contributed by atoms with E-state index < -0.39 is 6.04 Å². The highest BCUT2D eigenvalue weighted by Crippen LogP contribution is 2.26. The summed E-state index contributed by atoms with van der Waals surface area (Å²) in [6.45, 7) is 0. The van der Waals surface area contributed by atoms with E-state index in [1.165, 1.54) is 11.3 Å². The van der Waals surface area contributed by atoms with Crippen LogP contribution in [0.15, 0.2) is 73.1 Å². The molecule has 1 amide bonds. The van der Waals surface area contributed by atoms with Crippen LogP contribution in [0.3, 0.4) is 0 Å². The Morgan fingerprint density at radius 2 is 1.93 bits per heavy atom. The average Bonchev–Trinajstić information content (AvgIpc) is 3.39. The molecular formula is C19H16N6OS. The number of nitrogens with two attached hydrogens (primary N) is 1. The third-order valence-corrected chi connectivity index (χ3v) is 4.81. The number of nitrogen functional groups attached to an aromatic ring is 1. The highest BCUT2D eigenvalue weighted by Gasteiger charge is 2.21. The molecule has 27 heavy (non-hydrogen) atoms. The lowest BCUT2D eigenvalue weighted by Gasteiger charge is -2.17. The molecule has 0 radical (unpaired) electrons. The number of hydrogen-bond acceptors (Lipinski definition) is 6. The summed E-state index contributed by atoms with van der Waals surface area (Å²) in [6.07, 6.45) is 3.52. The lowest BCUT2D eigenvalue weighted by atomic mass is 10.1. The molecule has 0 aliphatic rings. The second-order valence-electron chi connectivity index (χ2n) is 5.80. The molecule has 2 aromatic carbocycles. The number of benzene rings is 2. The molecule has 1 atom stereocenters. The van der Waals surface area contributed by atoms with Gasteiger partial charge in [0, 0.05) is 18.0 Å². The van der Waals surface area contributed by atoms with Crippen molar-refractivity contribution in [3.05, 3.63) is 89.2 Å². The maximum absolute atomic E-state index is 12.9. The van der Waals surface area contributed by atoms with E-state index in [-0.39, 0.29) is 5.91 Å². The molecule has 0 spiro atoms. The summed E-state index contributed by atoms with van der Waals surface area (Å²) in [6, 6.07) is 18.3. The van der Waals surface area contributed by atoms with Gasteiger partial charge in [0.2, 0.25) is 5.13 Å². The van der Waals surface area contributed by atoms with Crippen LogP contribution in [-0.4, -0.2) is 25.9 Å². The maximum atomic E-state index is 12.9. The largest absolute Gasteiger partial charge is 0.374 e. The van der Waals surface area contributed by atoms with Gasteiger partial charge in [-0.3, -0.25) is 4.79 Å². The molecule has 2 heterocycles. The van der Waals surface area contributed by atoms with Crippen molar-refractivity contribution < 1.29 is 4.79 Å². The number of nitrogens with one attached hydrogen (secondary N) is 1. The lowest BCUT2D eigenvalue weighted by molar-refractivity contribution is 0.0943. The Balaban J connectivity index is 1.64. The Hall–Kier alpha value is -3.52. The quantitative estimate of drug-likeness (QED) is 0.558. The Morgan fingerprint density at radius 1 is 1.07 bits per heavy atom. The minimum Gasteiger partial charge on any atom is -0.374 e. The predicted octanol–water partition coefficient (Wildman–Crippen LogP) is 2.83. The number of anilines is 1. The van der Waals surface area contributed by atoms with E-state index in [0.717, 1.165) is 11.3 Å². The molecule has 4 rings (SSSR count). The van der Waals surface area contributed by atoms with Crippen LogP contribution < -0.4 is 11.1 Å². The van der Waals surface area contributed by atoms with Crippen LogP contribution in [0.25, 0.3) is 5.69 Å². The van der Waals surface area contributed by atoms with Gasteiger partial charge >= 0.3 is 0 Å². The Bertz CT molecular complexity index is 1050. The van der Waals surface area contributed by atoms with Crippen molar-refractivity contribution in [1.29, 1.82) is 0 Å². The Morgan fingerprint density at radius 3 is 2.63 bits per heavy atom. The fourth-order valence-electron chi connectivity index (χ4n) is 2.72.